The van der Waals surface area contributed by atoms with Crippen LogP contribution in [0.15, 0.2) is 0 Å². The van der Waals surface area contributed by atoms with Crippen LogP contribution >= 0.6 is 11.8 Å². The minimum absolute atomic E-state index is 0.0682. The molecular weight excluding hydrogens is 388 g/mol. The number of fused-ring (bicyclic) bond motifs is 1. The van der Waals surface area contributed by atoms with E-state index in [0.717, 1.165) is 6.42 Å². The highest BCUT2D eigenvalue weighted by atomic mass is 32.2. The number of thioether (sulfide) groups is 1. The second kappa shape index (κ2) is 13.1. The van der Waals surface area contributed by atoms with Crippen molar-refractivity contribution in [3.05, 3.63) is 0 Å². The molecule has 0 N–H and O–H groups in total. The molecule has 3 atom stereocenters. The van der Waals surface area contributed by atoms with Crippen molar-refractivity contribution in [2.75, 3.05) is 65.2 Å². The Kier molecular flexibility index (Phi) is 11.3. The van der Waals surface area contributed by atoms with E-state index < -0.39 is 5.79 Å². The molecule has 3 unspecified atom stereocenters. The van der Waals surface area contributed by atoms with Crippen molar-refractivity contribution >= 4 is 16.9 Å². The molecule has 0 saturated carbocycles. The van der Waals surface area contributed by atoms with Gasteiger partial charge in [0.1, 0.15) is 12.2 Å². The van der Waals surface area contributed by atoms with Crippen LogP contribution in [0.25, 0.3) is 0 Å². The van der Waals surface area contributed by atoms with E-state index >= 15 is 0 Å². The molecular formula is C19H34O8S. The Morgan fingerprint density at radius 3 is 2.21 bits per heavy atom. The van der Waals surface area contributed by atoms with E-state index in [1.54, 1.807) is 6.92 Å². The van der Waals surface area contributed by atoms with Crippen LogP contribution < -0.4 is 0 Å². The maximum absolute atomic E-state index is 10.7. The van der Waals surface area contributed by atoms with Crippen molar-refractivity contribution in [3.63, 3.8) is 0 Å². The second-order valence-electron chi connectivity index (χ2n) is 7.09. The fraction of sp³-hybridized carbons (Fsp3) is 0.947. The zero-order chi connectivity index (χ0) is 20.2. The van der Waals surface area contributed by atoms with E-state index in [9.17, 15) is 4.79 Å². The Morgan fingerprint density at radius 2 is 1.57 bits per heavy atom. The van der Waals surface area contributed by atoms with Crippen LogP contribution in [-0.4, -0.2) is 94.4 Å². The molecule has 0 aliphatic carbocycles. The lowest BCUT2D eigenvalue weighted by Crippen LogP contribution is -2.45. The highest BCUT2D eigenvalue weighted by Crippen LogP contribution is 2.35. The predicted molar refractivity (Wildman–Crippen MR) is 105 cm³/mol. The molecule has 8 nitrogen and oxygen atoms in total. The standard InChI is InChI=1S/C19H34O8S/c1-15(20)28-13-12-23-9-8-21-6-7-22-10-11-24-14-17-18-16(4-5-25-17)26-19(2,3)27-18/h16-18H,4-14H2,1-3H3. The summed E-state index contributed by atoms with van der Waals surface area (Å²) in [4.78, 5) is 10.7. The fourth-order valence-corrected chi connectivity index (χ4v) is 3.57. The van der Waals surface area contributed by atoms with Crippen molar-refractivity contribution in [2.45, 2.75) is 51.3 Å². The average Bonchev–Trinajstić information content (AvgIpc) is 2.96. The summed E-state index contributed by atoms with van der Waals surface area (Å²) in [6.07, 6.45) is 0.775. The van der Waals surface area contributed by atoms with Crippen LogP contribution in [0.5, 0.6) is 0 Å². The Morgan fingerprint density at radius 1 is 0.964 bits per heavy atom. The first kappa shape index (κ1) is 24.0. The molecule has 0 aromatic heterocycles. The second-order valence-corrected chi connectivity index (χ2v) is 8.36. The Labute approximate surface area is 171 Å². The largest absolute Gasteiger partial charge is 0.378 e. The highest BCUT2D eigenvalue weighted by Gasteiger charge is 2.47. The van der Waals surface area contributed by atoms with Gasteiger partial charge in [0.15, 0.2) is 10.9 Å². The summed E-state index contributed by atoms with van der Waals surface area (Å²) in [5.41, 5.74) is 0. The smallest absolute Gasteiger partial charge is 0.185 e. The lowest BCUT2D eigenvalue weighted by Gasteiger charge is -2.31. The molecule has 0 amide bonds. The zero-order valence-corrected chi connectivity index (χ0v) is 18.0. The highest BCUT2D eigenvalue weighted by molar-refractivity contribution is 8.13. The quantitative estimate of drug-likeness (QED) is 0.388. The van der Waals surface area contributed by atoms with Gasteiger partial charge in [0.25, 0.3) is 0 Å². The minimum atomic E-state index is -0.553. The number of hydrogen-bond donors (Lipinski definition) is 0. The molecule has 2 aliphatic heterocycles. The monoisotopic (exact) mass is 422 g/mol. The summed E-state index contributed by atoms with van der Waals surface area (Å²) in [6.45, 7) is 10.2. The van der Waals surface area contributed by atoms with Gasteiger partial charge >= 0.3 is 0 Å². The topological polar surface area (TPSA) is 81.7 Å². The number of hydrogen-bond acceptors (Lipinski definition) is 9. The van der Waals surface area contributed by atoms with E-state index in [2.05, 4.69) is 0 Å². The SMILES string of the molecule is CC(=O)SCCOCCOCCOCCOCC1OCCC2OC(C)(C)OC12. The van der Waals surface area contributed by atoms with Crippen molar-refractivity contribution in [2.24, 2.45) is 0 Å². The van der Waals surface area contributed by atoms with Crippen LogP contribution in [0.4, 0.5) is 0 Å². The summed E-state index contributed by atoms with van der Waals surface area (Å²) in [7, 11) is 0. The molecule has 2 heterocycles. The van der Waals surface area contributed by atoms with Crippen LogP contribution in [-0.2, 0) is 38.0 Å². The molecule has 164 valence electrons. The molecule has 2 saturated heterocycles. The van der Waals surface area contributed by atoms with Crippen molar-refractivity contribution in [3.8, 4) is 0 Å². The van der Waals surface area contributed by atoms with E-state index in [1.807, 2.05) is 13.8 Å². The number of rotatable bonds is 14. The van der Waals surface area contributed by atoms with Gasteiger partial charge in [-0.25, -0.2) is 0 Å². The third-order valence-electron chi connectivity index (χ3n) is 4.25. The summed E-state index contributed by atoms with van der Waals surface area (Å²) in [5, 5.41) is 0.112. The first-order valence-corrected chi connectivity index (χ1v) is 10.9. The molecule has 9 heteroatoms. The van der Waals surface area contributed by atoms with Gasteiger partial charge in [-0.1, -0.05) is 11.8 Å². The molecule has 28 heavy (non-hydrogen) atoms. The third kappa shape index (κ3) is 9.49. The van der Waals surface area contributed by atoms with Crippen LogP contribution in [0.1, 0.15) is 27.2 Å². The van der Waals surface area contributed by atoms with E-state index in [4.69, 9.17) is 33.2 Å². The summed E-state index contributed by atoms with van der Waals surface area (Å²) >= 11 is 1.27. The lowest BCUT2D eigenvalue weighted by atomic mass is 10.0. The van der Waals surface area contributed by atoms with Gasteiger partial charge in [0, 0.05) is 19.3 Å². The lowest BCUT2D eigenvalue weighted by molar-refractivity contribution is -0.160. The minimum Gasteiger partial charge on any atom is -0.378 e. The number of ether oxygens (including phenoxy) is 7. The summed E-state index contributed by atoms with van der Waals surface area (Å²) in [5.74, 6) is 0.131. The number of carbonyl (C=O) groups excluding carboxylic acids is 1. The predicted octanol–water partition coefficient (Wildman–Crippen LogP) is 1.64. The summed E-state index contributed by atoms with van der Waals surface area (Å²) in [6, 6.07) is 0. The van der Waals surface area contributed by atoms with Crippen LogP contribution in [0, 0.1) is 0 Å². The molecule has 0 radical (unpaired) electrons. The van der Waals surface area contributed by atoms with Gasteiger partial charge in [-0.3, -0.25) is 4.79 Å². The molecule has 0 bridgehead atoms. The van der Waals surface area contributed by atoms with Crippen molar-refractivity contribution in [1.82, 2.24) is 0 Å². The summed E-state index contributed by atoms with van der Waals surface area (Å²) < 4.78 is 39.5. The molecule has 0 spiro atoms. The normalized spacial score (nSPS) is 26.3. The van der Waals surface area contributed by atoms with E-state index in [1.165, 1.54) is 11.8 Å². The number of carbonyl (C=O) groups is 1. The van der Waals surface area contributed by atoms with Gasteiger partial charge in [0.05, 0.1) is 59.0 Å². The zero-order valence-electron chi connectivity index (χ0n) is 17.2. The van der Waals surface area contributed by atoms with Gasteiger partial charge in [-0.15, -0.1) is 0 Å². The van der Waals surface area contributed by atoms with Crippen LogP contribution in [0.2, 0.25) is 0 Å². The van der Waals surface area contributed by atoms with Crippen LogP contribution in [0.3, 0.4) is 0 Å². The first-order chi connectivity index (χ1) is 13.5. The van der Waals surface area contributed by atoms with Gasteiger partial charge in [-0.2, -0.15) is 0 Å². The van der Waals surface area contributed by atoms with E-state index in [-0.39, 0.29) is 23.4 Å². The molecule has 2 fully saturated rings. The van der Waals surface area contributed by atoms with Crippen molar-refractivity contribution in [1.29, 1.82) is 0 Å². The molecule has 0 aromatic carbocycles. The fourth-order valence-electron chi connectivity index (χ4n) is 3.08. The molecule has 2 aliphatic rings. The maximum Gasteiger partial charge on any atom is 0.185 e. The molecule has 2 rings (SSSR count). The van der Waals surface area contributed by atoms with E-state index in [0.29, 0.717) is 65.2 Å². The Hall–Kier alpha value is -0.260. The van der Waals surface area contributed by atoms with Gasteiger partial charge in [-0.05, 0) is 20.3 Å². The maximum atomic E-state index is 10.7. The van der Waals surface area contributed by atoms with Gasteiger partial charge in [0.2, 0.25) is 0 Å². The third-order valence-corrected chi connectivity index (χ3v) is 5.03. The molecule has 0 aromatic rings. The first-order valence-electron chi connectivity index (χ1n) is 9.89. The Balaban J connectivity index is 1.37. The van der Waals surface area contributed by atoms with Crippen molar-refractivity contribution < 1.29 is 38.0 Å². The van der Waals surface area contributed by atoms with Gasteiger partial charge < -0.3 is 33.2 Å². The Bertz CT molecular complexity index is 448. The average molecular weight is 423 g/mol.